The summed E-state index contributed by atoms with van der Waals surface area (Å²) in [7, 11) is 0. The Kier molecular flexibility index (Phi) is 3.71. The van der Waals surface area contributed by atoms with Crippen molar-refractivity contribution < 1.29 is 9.90 Å². The summed E-state index contributed by atoms with van der Waals surface area (Å²) in [5, 5.41) is 13.9. The monoisotopic (exact) mass is 331 g/mol. The number of aryl methyl sites for hydroxylation is 3. The molecule has 0 bridgehead atoms. The van der Waals surface area contributed by atoms with Gasteiger partial charge in [0.05, 0.1) is 11.3 Å². The van der Waals surface area contributed by atoms with Crippen molar-refractivity contribution in [3.05, 3.63) is 16.3 Å². The molecule has 2 N–H and O–H groups in total. The first-order valence-electron chi connectivity index (χ1n) is 8.40. The minimum atomic E-state index is -0.653. The van der Waals surface area contributed by atoms with E-state index in [2.05, 4.69) is 15.3 Å². The molecule has 2 aromatic heterocycles. The highest BCUT2D eigenvalue weighted by molar-refractivity contribution is 7.19. The van der Waals surface area contributed by atoms with Crippen LogP contribution in [0.3, 0.4) is 0 Å². The number of fused-ring (bicyclic) bond motifs is 3. The molecule has 0 atom stereocenters. The van der Waals surface area contributed by atoms with Crippen molar-refractivity contribution >= 4 is 33.3 Å². The van der Waals surface area contributed by atoms with Crippen LogP contribution in [0.4, 0.5) is 5.82 Å². The molecule has 1 saturated carbocycles. The summed E-state index contributed by atoms with van der Waals surface area (Å²) in [6.07, 6.45) is 6.82. The van der Waals surface area contributed by atoms with Crippen LogP contribution >= 0.6 is 11.3 Å². The van der Waals surface area contributed by atoms with Gasteiger partial charge < -0.3 is 10.4 Å². The number of carbonyl (C=O) groups is 1. The number of aliphatic carboxylic acids is 1. The zero-order valence-corrected chi connectivity index (χ0v) is 14.1. The Bertz CT molecular complexity index is 763. The Balaban J connectivity index is 1.61. The highest BCUT2D eigenvalue weighted by Crippen LogP contribution is 2.40. The maximum atomic E-state index is 11.1. The Labute approximate surface area is 139 Å². The fourth-order valence-electron chi connectivity index (χ4n) is 3.88. The number of aromatic nitrogens is 2. The Hall–Kier alpha value is -1.69. The van der Waals surface area contributed by atoms with Gasteiger partial charge >= 0.3 is 5.97 Å². The molecule has 0 spiro atoms. The molecular weight excluding hydrogens is 310 g/mol. The number of nitrogens with zero attached hydrogens (tertiary/aromatic N) is 2. The molecule has 1 fully saturated rings. The molecule has 0 aliphatic heterocycles. The highest BCUT2D eigenvalue weighted by Gasteiger charge is 2.28. The number of carboxylic acids is 1. The van der Waals surface area contributed by atoms with Gasteiger partial charge in [0.25, 0.3) is 0 Å². The topological polar surface area (TPSA) is 75.1 Å². The van der Waals surface area contributed by atoms with Crippen LogP contribution in [0.1, 0.15) is 48.4 Å². The molecule has 2 aromatic rings. The molecule has 0 amide bonds. The SMILES string of the molecule is Cc1nc(NC2CCC(C(=O)O)CC2)c2c3c(sc2n1)CCC3. The van der Waals surface area contributed by atoms with Gasteiger partial charge in [-0.05, 0) is 57.4 Å². The normalized spacial score (nSPS) is 23.9. The number of anilines is 1. The Morgan fingerprint density at radius 2 is 2.00 bits per heavy atom. The third-order valence-corrected chi connectivity index (χ3v) is 6.28. The minimum absolute atomic E-state index is 0.175. The van der Waals surface area contributed by atoms with Crippen molar-refractivity contribution in [2.24, 2.45) is 5.92 Å². The van der Waals surface area contributed by atoms with Crippen molar-refractivity contribution in [1.82, 2.24) is 9.97 Å². The molecule has 6 heteroatoms. The quantitative estimate of drug-likeness (QED) is 0.900. The number of rotatable bonds is 3. The van der Waals surface area contributed by atoms with E-state index < -0.39 is 5.97 Å². The van der Waals surface area contributed by atoms with E-state index in [9.17, 15) is 4.79 Å². The smallest absolute Gasteiger partial charge is 0.306 e. The van der Waals surface area contributed by atoms with E-state index in [1.807, 2.05) is 18.3 Å². The first-order valence-corrected chi connectivity index (χ1v) is 9.21. The number of hydrogen-bond acceptors (Lipinski definition) is 5. The van der Waals surface area contributed by atoms with Gasteiger partial charge in [0.15, 0.2) is 0 Å². The van der Waals surface area contributed by atoms with Crippen LogP contribution in [0.25, 0.3) is 10.2 Å². The zero-order valence-electron chi connectivity index (χ0n) is 13.3. The van der Waals surface area contributed by atoms with Gasteiger partial charge in [0.1, 0.15) is 16.5 Å². The van der Waals surface area contributed by atoms with Crippen LogP contribution in [-0.4, -0.2) is 27.1 Å². The number of carboxylic acid groups (broad SMARTS) is 1. The summed E-state index contributed by atoms with van der Waals surface area (Å²) in [5.41, 5.74) is 1.44. The third-order valence-electron chi connectivity index (χ3n) is 5.09. The Morgan fingerprint density at radius 3 is 2.74 bits per heavy atom. The second-order valence-corrected chi connectivity index (χ2v) is 7.77. The summed E-state index contributed by atoms with van der Waals surface area (Å²) in [4.78, 5) is 22.9. The van der Waals surface area contributed by atoms with E-state index in [4.69, 9.17) is 5.11 Å². The standard InChI is InChI=1S/C17H21N3O2S/c1-9-18-15(20-11-7-5-10(6-8-11)17(21)22)14-12-3-2-4-13(12)23-16(14)19-9/h10-11H,2-8H2,1H3,(H,21,22)(H,18,19,20). The molecule has 5 nitrogen and oxygen atoms in total. The summed E-state index contributed by atoms with van der Waals surface area (Å²) >= 11 is 1.81. The van der Waals surface area contributed by atoms with Crippen LogP contribution in [0.2, 0.25) is 0 Å². The summed E-state index contributed by atoms with van der Waals surface area (Å²) in [6, 6.07) is 0.319. The lowest BCUT2D eigenvalue weighted by molar-refractivity contribution is -0.142. The molecule has 2 heterocycles. The average Bonchev–Trinajstić information content (AvgIpc) is 3.07. The number of hydrogen-bond donors (Lipinski definition) is 2. The van der Waals surface area contributed by atoms with E-state index in [-0.39, 0.29) is 5.92 Å². The summed E-state index contributed by atoms with van der Waals surface area (Å²) in [5.74, 6) is 0.940. The minimum Gasteiger partial charge on any atom is -0.481 e. The zero-order chi connectivity index (χ0) is 16.0. The second-order valence-electron chi connectivity index (χ2n) is 6.69. The molecule has 0 aromatic carbocycles. The van der Waals surface area contributed by atoms with Gasteiger partial charge in [0, 0.05) is 10.9 Å². The third kappa shape index (κ3) is 2.69. The van der Waals surface area contributed by atoms with Crippen LogP contribution in [0, 0.1) is 12.8 Å². The largest absolute Gasteiger partial charge is 0.481 e. The summed E-state index contributed by atoms with van der Waals surface area (Å²) in [6.45, 7) is 1.94. The molecular formula is C17H21N3O2S. The van der Waals surface area contributed by atoms with Gasteiger partial charge in [-0.1, -0.05) is 0 Å². The highest BCUT2D eigenvalue weighted by atomic mass is 32.1. The lowest BCUT2D eigenvalue weighted by atomic mass is 9.86. The van der Waals surface area contributed by atoms with Crippen LogP contribution in [0.15, 0.2) is 0 Å². The van der Waals surface area contributed by atoms with Crippen molar-refractivity contribution in [1.29, 1.82) is 0 Å². The van der Waals surface area contributed by atoms with Gasteiger partial charge in [-0.2, -0.15) is 0 Å². The van der Waals surface area contributed by atoms with Gasteiger partial charge in [0.2, 0.25) is 0 Å². The first-order chi connectivity index (χ1) is 11.1. The van der Waals surface area contributed by atoms with Crippen molar-refractivity contribution in [2.75, 3.05) is 5.32 Å². The number of nitrogens with one attached hydrogen (secondary N) is 1. The molecule has 0 saturated heterocycles. The lowest BCUT2D eigenvalue weighted by Crippen LogP contribution is -2.29. The van der Waals surface area contributed by atoms with E-state index in [0.717, 1.165) is 48.6 Å². The molecule has 4 rings (SSSR count). The van der Waals surface area contributed by atoms with E-state index in [0.29, 0.717) is 6.04 Å². The van der Waals surface area contributed by atoms with Crippen molar-refractivity contribution in [3.8, 4) is 0 Å². The molecule has 122 valence electrons. The maximum absolute atomic E-state index is 11.1. The van der Waals surface area contributed by atoms with Gasteiger partial charge in [-0.15, -0.1) is 11.3 Å². The van der Waals surface area contributed by atoms with E-state index in [1.165, 1.54) is 28.7 Å². The molecule has 2 aliphatic rings. The lowest BCUT2D eigenvalue weighted by Gasteiger charge is -2.27. The maximum Gasteiger partial charge on any atom is 0.306 e. The fourth-order valence-corrected chi connectivity index (χ4v) is 5.19. The second kappa shape index (κ2) is 5.74. The van der Waals surface area contributed by atoms with Gasteiger partial charge in [-0.25, -0.2) is 9.97 Å². The van der Waals surface area contributed by atoms with Crippen molar-refractivity contribution in [2.45, 2.75) is 57.9 Å². The predicted octanol–water partition coefficient (Wildman–Crippen LogP) is 3.54. The predicted molar refractivity (Wildman–Crippen MR) is 91.2 cm³/mol. The molecule has 23 heavy (non-hydrogen) atoms. The number of thiophene rings is 1. The van der Waals surface area contributed by atoms with Crippen LogP contribution < -0.4 is 5.32 Å². The molecule has 2 aliphatic carbocycles. The molecule has 0 radical (unpaired) electrons. The average molecular weight is 331 g/mol. The summed E-state index contributed by atoms with van der Waals surface area (Å²) < 4.78 is 0. The first kappa shape index (κ1) is 14.9. The Morgan fingerprint density at radius 1 is 1.22 bits per heavy atom. The molecule has 0 unspecified atom stereocenters. The van der Waals surface area contributed by atoms with Crippen LogP contribution in [-0.2, 0) is 17.6 Å². The van der Waals surface area contributed by atoms with Gasteiger partial charge in [-0.3, -0.25) is 4.79 Å². The van der Waals surface area contributed by atoms with Crippen molar-refractivity contribution in [3.63, 3.8) is 0 Å². The van der Waals surface area contributed by atoms with Crippen LogP contribution in [0.5, 0.6) is 0 Å². The van der Waals surface area contributed by atoms with E-state index >= 15 is 0 Å². The fraction of sp³-hybridized carbons (Fsp3) is 0.588. The van der Waals surface area contributed by atoms with E-state index in [1.54, 1.807) is 0 Å².